The minimum absolute atomic E-state index is 0.0276. The molecule has 1 aliphatic heterocycles. The first-order valence-corrected chi connectivity index (χ1v) is 8.26. The number of rotatable bonds is 4. The zero-order chi connectivity index (χ0) is 17.2. The average molecular weight is 334 g/mol. The Hall–Kier alpha value is -2.99. The van der Waals surface area contributed by atoms with Gasteiger partial charge in [0.15, 0.2) is 0 Å². The van der Waals surface area contributed by atoms with Crippen molar-refractivity contribution in [3.8, 4) is 0 Å². The number of H-pyrrole nitrogens is 1. The van der Waals surface area contributed by atoms with Gasteiger partial charge in [0.2, 0.25) is 5.91 Å². The Kier molecular flexibility index (Phi) is 4.03. The van der Waals surface area contributed by atoms with E-state index in [1.54, 1.807) is 18.2 Å². The van der Waals surface area contributed by atoms with Crippen LogP contribution in [0.5, 0.6) is 0 Å². The van der Waals surface area contributed by atoms with Crippen molar-refractivity contribution >= 4 is 16.8 Å². The Morgan fingerprint density at radius 2 is 1.96 bits per heavy atom. The predicted octanol–water partition coefficient (Wildman–Crippen LogP) is 1.77. The number of amides is 1. The highest BCUT2D eigenvalue weighted by Crippen LogP contribution is 2.27. The number of para-hydroxylation sites is 1. The van der Waals surface area contributed by atoms with E-state index in [-0.39, 0.29) is 24.1 Å². The van der Waals surface area contributed by atoms with Crippen molar-refractivity contribution in [2.75, 3.05) is 0 Å². The van der Waals surface area contributed by atoms with Crippen LogP contribution < -0.4 is 16.2 Å². The first-order valence-electron chi connectivity index (χ1n) is 8.26. The van der Waals surface area contributed by atoms with E-state index < -0.39 is 0 Å². The van der Waals surface area contributed by atoms with Gasteiger partial charge in [0.25, 0.3) is 5.56 Å². The summed E-state index contributed by atoms with van der Waals surface area (Å²) in [7, 11) is 0. The summed E-state index contributed by atoms with van der Waals surface area (Å²) in [4.78, 5) is 31.4. The number of aromatic nitrogens is 2. The molecule has 1 unspecified atom stereocenters. The largest absolute Gasteiger partial charge is 0.349 e. The van der Waals surface area contributed by atoms with Crippen LogP contribution in [0.15, 0.2) is 53.3 Å². The fourth-order valence-electron chi connectivity index (χ4n) is 3.22. The highest BCUT2D eigenvalue weighted by Gasteiger charge is 2.23. The topological polar surface area (TPSA) is 86.9 Å². The molecule has 0 saturated heterocycles. The molecule has 0 radical (unpaired) electrons. The molecule has 0 fully saturated rings. The van der Waals surface area contributed by atoms with Gasteiger partial charge in [0.05, 0.1) is 17.4 Å². The summed E-state index contributed by atoms with van der Waals surface area (Å²) in [5.74, 6) is 0.377. The van der Waals surface area contributed by atoms with Crippen molar-refractivity contribution in [1.29, 1.82) is 0 Å². The fourth-order valence-corrected chi connectivity index (χ4v) is 3.22. The van der Waals surface area contributed by atoms with E-state index in [1.807, 2.05) is 18.2 Å². The third-order valence-corrected chi connectivity index (χ3v) is 4.47. The van der Waals surface area contributed by atoms with Crippen molar-refractivity contribution in [1.82, 2.24) is 20.6 Å². The Bertz CT molecular complexity index is 996. The lowest BCUT2D eigenvalue weighted by Gasteiger charge is -2.12. The molecule has 0 aliphatic carbocycles. The van der Waals surface area contributed by atoms with E-state index in [0.29, 0.717) is 23.1 Å². The van der Waals surface area contributed by atoms with E-state index in [0.717, 1.165) is 6.54 Å². The van der Waals surface area contributed by atoms with Crippen molar-refractivity contribution in [2.45, 2.75) is 25.6 Å². The number of aromatic amines is 1. The molecule has 6 heteroatoms. The number of nitrogens with one attached hydrogen (secondary N) is 3. The third kappa shape index (κ3) is 3.16. The summed E-state index contributed by atoms with van der Waals surface area (Å²) in [6.45, 7) is 0.987. The van der Waals surface area contributed by atoms with Gasteiger partial charge in [0.1, 0.15) is 5.82 Å². The standard InChI is InChI=1S/C19H18N4O2/c24-18(9-16-13-6-2-1-5-12(13)10-20-16)21-11-17-22-15-8-4-3-7-14(15)19(25)23-17/h1-8,16,20H,9-11H2,(H,21,24)(H,22,23,25). The van der Waals surface area contributed by atoms with Gasteiger partial charge in [-0.05, 0) is 23.3 Å². The minimum Gasteiger partial charge on any atom is -0.349 e. The van der Waals surface area contributed by atoms with Crippen molar-refractivity contribution in [3.63, 3.8) is 0 Å². The Balaban J connectivity index is 1.42. The van der Waals surface area contributed by atoms with Crippen LogP contribution in [0.2, 0.25) is 0 Å². The highest BCUT2D eigenvalue weighted by atomic mass is 16.1. The van der Waals surface area contributed by atoms with Crippen LogP contribution in [0.3, 0.4) is 0 Å². The minimum atomic E-state index is -0.193. The molecule has 3 N–H and O–H groups in total. The summed E-state index contributed by atoms with van der Waals surface area (Å²) in [6.07, 6.45) is 0.356. The molecule has 2 heterocycles. The smallest absolute Gasteiger partial charge is 0.258 e. The van der Waals surface area contributed by atoms with E-state index in [4.69, 9.17) is 0 Å². The van der Waals surface area contributed by atoms with Crippen LogP contribution in [0.25, 0.3) is 10.9 Å². The zero-order valence-corrected chi connectivity index (χ0v) is 13.6. The van der Waals surface area contributed by atoms with Gasteiger partial charge in [-0.3, -0.25) is 9.59 Å². The van der Waals surface area contributed by atoms with E-state index >= 15 is 0 Å². The molecule has 25 heavy (non-hydrogen) atoms. The lowest BCUT2D eigenvalue weighted by Crippen LogP contribution is -2.28. The maximum Gasteiger partial charge on any atom is 0.258 e. The van der Waals surface area contributed by atoms with E-state index in [1.165, 1.54) is 11.1 Å². The molecule has 1 atom stereocenters. The van der Waals surface area contributed by atoms with Gasteiger partial charge < -0.3 is 15.6 Å². The Labute approximate surface area is 144 Å². The van der Waals surface area contributed by atoms with Gasteiger partial charge >= 0.3 is 0 Å². The monoisotopic (exact) mass is 334 g/mol. The van der Waals surface area contributed by atoms with Gasteiger partial charge in [-0.2, -0.15) is 0 Å². The number of carbonyl (C=O) groups is 1. The average Bonchev–Trinajstić information content (AvgIpc) is 3.03. The molecule has 126 valence electrons. The normalized spacial score (nSPS) is 15.9. The maximum absolute atomic E-state index is 12.3. The molecule has 1 amide bonds. The summed E-state index contributed by atoms with van der Waals surface area (Å²) >= 11 is 0. The molecule has 0 saturated carbocycles. The zero-order valence-electron chi connectivity index (χ0n) is 13.6. The summed E-state index contributed by atoms with van der Waals surface area (Å²) in [6, 6.07) is 15.3. The Morgan fingerprint density at radius 3 is 2.88 bits per heavy atom. The number of nitrogens with zero attached hydrogens (tertiary/aromatic N) is 1. The van der Waals surface area contributed by atoms with Crippen molar-refractivity contribution in [2.24, 2.45) is 0 Å². The predicted molar refractivity (Wildman–Crippen MR) is 94.9 cm³/mol. The number of carbonyl (C=O) groups excluding carboxylic acids is 1. The Morgan fingerprint density at radius 1 is 1.16 bits per heavy atom. The molecular formula is C19H18N4O2. The molecule has 1 aliphatic rings. The number of fused-ring (bicyclic) bond motifs is 2. The van der Waals surface area contributed by atoms with Crippen LogP contribution in [-0.2, 0) is 17.9 Å². The molecule has 3 aromatic rings. The second-order valence-electron chi connectivity index (χ2n) is 6.14. The molecule has 0 bridgehead atoms. The van der Waals surface area contributed by atoms with E-state index in [9.17, 15) is 9.59 Å². The number of hydrogen-bond acceptors (Lipinski definition) is 4. The number of benzene rings is 2. The first-order chi connectivity index (χ1) is 12.2. The van der Waals surface area contributed by atoms with Gasteiger partial charge in [-0.25, -0.2) is 4.98 Å². The van der Waals surface area contributed by atoms with Crippen LogP contribution in [0.1, 0.15) is 29.4 Å². The summed E-state index contributed by atoms with van der Waals surface area (Å²) < 4.78 is 0. The summed E-state index contributed by atoms with van der Waals surface area (Å²) in [5.41, 5.74) is 2.85. The van der Waals surface area contributed by atoms with Gasteiger partial charge in [-0.1, -0.05) is 36.4 Å². The van der Waals surface area contributed by atoms with Crippen LogP contribution in [0, 0.1) is 0 Å². The van der Waals surface area contributed by atoms with Crippen LogP contribution in [-0.4, -0.2) is 15.9 Å². The second kappa shape index (κ2) is 6.49. The highest BCUT2D eigenvalue weighted by molar-refractivity contribution is 5.78. The van der Waals surface area contributed by atoms with Crippen LogP contribution in [0.4, 0.5) is 0 Å². The van der Waals surface area contributed by atoms with Crippen molar-refractivity contribution in [3.05, 3.63) is 75.8 Å². The summed E-state index contributed by atoms with van der Waals surface area (Å²) in [5, 5.41) is 6.73. The van der Waals surface area contributed by atoms with E-state index in [2.05, 4.69) is 32.7 Å². The quantitative estimate of drug-likeness (QED) is 0.679. The number of hydrogen-bond donors (Lipinski definition) is 3. The van der Waals surface area contributed by atoms with Gasteiger partial charge in [0, 0.05) is 19.0 Å². The molecule has 0 spiro atoms. The second-order valence-corrected chi connectivity index (χ2v) is 6.14. The lowest BCUT2D eigenvalue weighted by atomic mass is 10.0. The molecule has 6 nitrogen and oxygen atoms in total. The maximum atomic E-state index is 12.3. The molecule has 4 rings (SSSR count). The molecular weight excluding hydrogens is 316 g/mol. The van der Waals surface area contributed by atoms with Crippen LogP contribution >= 0.6 is 0 Å². The fraction of sp³-hybridized carbons (Fsp3) is 0.211. The first kappa shape index (κ1) is 15.5. The molecule has 1 aromatic heterocycles. The lowest BCUT2D eigenvalue weighted by molar-refractivity contribution is -0.121. The van der Waals surface area contributed by atoms with Gasteiger partial charge in [-0.15, -0.1) is 0 Å². The molecule has 2 aromatic carbocycles. The SMILES string of the molecule is O=C(CC1NCc2ccccc21)NCc1nc2ccccc2c(=O)[nH]1. The van der Waals surface area contributed by atoms with Crippen molar-refractivity contribution < 1.29 is 4.79 Å². The third-order valence-electron chi connectivity index (χ3n) is 4.47.